The fourth-order valence-electron chi connectivity index (χ4n) is 3.43. The third kappa shape index (κ3) is 2.34. The van der Waals surface area contributed by atoms with Crippen LogP contribution in [0.15, 0.2) is 65.3 Å². The van der Waals surface area contributed by atoms with Crippen molar-refractivity contribution >= 4 is 21.8 Å². The molecular weight excluding hydrogens is 284 g/mol. The first-order chi connectivity index (χ1) is 11.3. The number of fused-ring (bicyclic) bond motifs is 3. The van der Waals surface area contributed by atoms with Crippen molar-refractivity contribution in [2.75, 3.05) is 0 Å². The minimum absolute atomic E-state index is 0.109. The third-order valence-corrected chi connectivity index (χ3v) is 4.52. The van der Waals surface area contributed by atoms with Crippen LogP contribution in [0.5, 0.6) is 0 Å². The summed E-state index contributed by atoms with van der Waals surface area (Å²) in [5, 5.41) is 2.60. The molecule has 23 heavy (non-hydrogen) atoms. The van der Waals surface area contributed by atoms with Gasteiger partial charge in [-0.05, 0) is 49.2 Å². The number of aromatic nitrogens is 1. The molecule has 0 aliphatic heterocycles. The summed E-state index contributed by atoms with van der Waals surface area (Å²) in [5.41, 5.74) is 10.1. The quantitative estimate of drug-likeness (QED) is 0.596. The number of benzene rings is 2. The van der Waals surface area contributed by atoms with Gasteiger partial charge in [-0.3, -0.25) is 0 Å². The van der Waals surface area contributed by atoms with Gasteiger partial charge in [0.2, 0.25) is 0 Å². The van der Waals surface area contributed by atoms with E-state index in [-0.39, 0.29) is 6.04 Å². The third-order valence-electron chi connectivity index (χ3n) is 4.52. The van der Waals surface area contributed by atoms with E-state index in [2.05, 4.69) is 54.0 Å². The van der Waals surface area contributed by atoms with Gasteiger partial charge in [0.25, 0.3) is 0 Å². The van der Waals surface area contributed by atoms with E-state index < -0.39 is 0 Å². The number of aryl methyl sites for hydroxylation is 1. The molecule has 0 aliphatic rings. The second-order valence-electron chi connectivity index (χ2n) is 5.94. The lowest BCUT2D eigenvalue weighted by atomic mass is 10.0. The number of furan rings is 1. The molecule has 0 fully saturated rings. The summed E-state index contributed by atoms with van der Waals surface area (Å²) < 4.78 is 7.78. The van der Waals surface area contributed by atoms with Crippen LogP contribution < -0.4 is 5.73 Å². The smallest absolute Gasteiger partial charge is 0.120 e. The molecule has 0 spiro atoms. The molecular formula is C20H20N2O. The maximum atomic E-state index is 6.26. The number of nitrogens with zero attached hydrogens (tertiary/aromatic N) is 1. The van der Waals surface area contributed by atoms with Gasteiger partial charge in [0.05, 0.1) is 12.3 Å². The summed E-state index contributed by atoms with van der Waals surface area (Å²) in [7, 11) is 0. The van der Waals surface area contributed by atoms with E-state index in [9.17, 15) is 0 Å². The van der Waals surface area contributed by atoms with Crippen molar-refractivity contribution in [3.63, 3.8) is 0 Å². The van der Waals surface area contributed by atoms with Crippen molar-refractivity contribution in [3.8, 4) is 0 Å². The fourth-order valence-corrected chi connectivity index (χ4v) is 3.43. The summed E-state index contributed by atoms with van der Waals surface area (Å²) in [6.45, 7) is 3.15. The lowest BCUT2D eigenvalue weighted by Gasteiger charge is -2.09. The van der Waals surface area contributed by atoms with Crippen molar-refractivity contribution in [1.29, 1.82) is 0 Å². The van der Waals surface area contributed by atoms with Gasteiger partial charge in [0, 0.05) is 28.4 Å². The fraction of sp³-hybridized carbons (Fsp3) is 0.200. The molecule has 2 heterocycles. The molecule has 2 N–H and O–H groups in total. The van der Waals surface area contributed by atoms with Crippen molar-refractivity contribution in [2.45, 2.75) is 25.9 Å². The predicted molar refractivity (Wildman–Crippen MR) is 94.5 cm³/mol. The molecule has 0 amide bonds. The van der Waals surface area contributed by atoms with Crippen LogP contribution in [0.2, 0.25) is 0 Å². The Morgan fingerprint density at radius 2 is 1.83 bits per heavy atom. The van der Waals surface area contributed by atoms with Gasteiger partial charge in [-0.25, -0.2) is 0 Å². The van der Waals surface area contributed by atoms with E-state index in [1.54, 1.807) is 6.26 Å². The first kappa shape index (κ1) is 14.1. The van der Waals surface area contributed by atoms with Gasteiger partial charge < -0.3 is 14.7 Å². The Bertz CT molecular complexity index is 951. The van der Waals surface area contributed by atoms with E-state index in [4.69, 9.17) is 10.2 Å². The molecule has 116 valence electrons. The van der Waals surface area contributed by atoms with Crippen LogP contribution in [0.25, 0.3) is 21.8 Å². The maximum Gasteiger partial charge on any atom is 0.120 e. The number of hydrogen-bond donors (Lipinski definition) is 1. The second kappa shape index (κ2) is 5.60. The van der Waals surface area contributed by atoms with Crippen LogP contribution in [0.4, 0.5) is 0 Å². The molecule has 4 aromatic rings. The number of hydrogen-bond acceptors (Lipinski definition) is 2. The molecule has 2 aromatic heterocycles. The topological polar surface area (TPSA) is 44.1 Å². The van der Waals surface area contributed by atoms with Crippen LogP contribution >= 0.6 is 0 Å². The highest BCUT2D eigenvalue weighted by atomic mass is 16.3. The molecule has 0 bridgehead atoms. The molecule has 2 aromatic carbocycles. The van der Waals surface area contributed by atoms with Crippen LogP contribution in [0.1, 0.15) is 24.3 Å². The first-order valence-electron chi connectivity index (χ1n) is 8.06. The normalized spacial score (nSPS) is 13.0. The van der Waals surface area contributed by atoms with E-state index in [0.29, 0.717) is 0 Å². The zero-order valence-electron chi connectivity index (χ0n) is 13.2. The number of rotatable bonds is 4. The maximum absolute atomic E-state index is 6.26. The van der Waals surface area contributed by atoms with E-state index in [1.165, 1.54) is 27.4 Å². The molecule has 1 unspecified atom stereocenters. The van der Waals surface area contributed by atoms with E-state index in [0.717, 1.165) is 18.7 Å². The van der Waals surface area contributed by atoms with Crippen LogP contribution in [0.3, 0.4) is 0 Å². The largest absolute Gasteiger partial charge is 0.468 e. The summed E-state index contributed by atoms with van der Waals surface area (Å²) >= 11 is 0. The Kier molecular flexibility index (Phi) is 3.43. The van der Waals surface area contributed by atoms with Crippen molar-refractivity contribution < 1.29 is 4.42 Å². The standard InChI is InChI=1S/C20H20N2O/c1-2-22-18-7-4-3-6-15(18)16-12-14(9-10-19(16)22)13-17(21)20-8-5-11-23-20/h3-12,17H,2,13,21H2,1H3. The minimum Gasteiger partial charge on any atom is -0.468 e. The van der Waals surface area contributed by atoms with E-state index in [1.807, 2.05) is 12.1 Å². The molecule has 0 aliphatic carbocycles. The van der Waals surface area contributed by atoms with Crippen LogP contribution in [-0.2, 0) is 13.0 Å². The second-order valence-corrected chi connectivity index (χ2v) is 5.94. The molecule has 1 atom stereocenters. The molecule has 0 saturated heterocycles. The van der Waals surface area contributed by atoms with Crippen molar-refractivity contribution in [1.82, 2.24) is 4.57 Å². The molecule has 3 nitrogen and oxygen atoms in total. The molecule has 3 heteroatoms. The molecule has 0 radical (unpaired) electrons. The Hall–Kier alpha value is -2.52. The number of para-hydroxylation sites is 1. The average Bonchev–Trinajstić information content (AvgIpc) is 3.21. The Morgan fingerprint density at radius 1 is 1.00 bits per heavy atom. The average molecular weight is 304 g/mol. The Morgan fingerprint density at radius 3 is 2.61 bits per heavy atom. The monoisotopic (exact) mass is 304 g/mol. The predicted octanol–water partition coefficient (Wildman–Crippen LogP) is 4.65. The highest BCUT2D eigenvalue weighted by Crippen LogP contribution is 2.30. The van der Waals surface area contributed by atoms with Crippen LogP contribution in [-0.4, -0.2) is 4.57 Å². The van der Waals surface area contributed by atoms with Gasteiger partial charge in [-0.15, -0.1) is 0 Å². The van der Waals surface area contributed by atoms with Gasteiger partial charge in [-0.1, -0.05) is 24.3 Å². The molecule has 0 saturated carbocycles. The van der Waals surface area contributed by atoms with Gasteiger partial charge in [0.1, 0.15) is 5.76 Å². The SMILES string of the molecule is CCn1c2ccccc2c2cc(CC(N)c3ccco3)ccc21. The minimum atomic E-state index is -0.109. The highest BCUT2D eigenvalue weighted by Gasteiger charge is 2.13. The highest BCUT2D eigenvalue weighted by molar-refractivity contribution is 6.08. The van der Waals surface area contributed by atoms with Crippen molar-refractivity contribution in [2.24, 2.45) is 5.73 Å². The number of nitrogens with two attached hydrogens (primary N) is 1. The lowest BCUT2D eigenvalue weighted by Crippen LogP contribution is -2.12. The van der Waals surface area contributed by atoms with Crippen molar-refractivity contribution in [3.05, 3.63) is 72.2 Å². The summed E-state index contributed by atoms with van der Waals surface area (Å²) in [4.78, 5) is 0. The van der Waals surface area contributed by atoms with Gasteiger partial charge in [0.15, 0.2) is 0 Å². The zero-order chi connectivity index (χ0) is 15.8. The molecule has 4 rings (SSSR count). The summed E-state index contributed by atoms with van der Waals surface area (Å²) in [6.07, 6.45) is 2.45. The Balaban J connectivity index is 1.80. The van der Waals surface area contributed by atoms with E-state index >= 15 is 0 Å². The van der Waals surface area contributed by atoms with Gasteiger partial charge >= 0.3 is 0 Å². The zero-order valence-corrected chi connectivity index (χ0v) is 13.2. The first-order valence-corrected chi connectivity index (χ1v) is 8.06. The van der Waals surface area contributed by atoms with Gasteiger partial charge in [-0.2, -0.15) is 0 Å². The lowest BCUT2D eigenvalue weighted by molar-refractivity contribution is 0.465. The Labute approximate surface area is 135 Å². The summed E-state index contributed by atoms with van der Waals surface area (Å²) in [5.74, 6) is 0.834. The summed E-state index contributed by atoms with van der Waals surface area (Å²) in [6, 6.07) is 18.9. The van der Waals surface area contributed by atoms with Crippen LogP contribution in [0, 0.1) is 0 Å².